The fourth-order valence-electron chi connectivity index (χ4n) is 5.49. The molecule has 2 N–H and O–H groups in total. The zero-order chi connectivity index (χ0) is 40.6. The summed E-state index contributed by atoms with van der Waals surface area (Å²) in [6.07, 6.45) is 0. The molecule has 16 nitrogen and oxygen atoms in total. The standard InChI is InChI=1S/C37H32N6O10S3/c1-22-5-14-32(15-6-22)56(51,52)53-30-12-8-28(9-13-30)38-39-33-18-7-26(19-23(33)2)27-20-24(3)35(34(21-27)55(48,49)50)40-41-36-25(4)42-43(37(36)44)29-10-16-31(17-11-29)54(45,46)47/h5-21,36H,1-4H3,(H,45,46,47)(H,48,49,50). The number of benzene rings is 5. The summed E-state index contributed by atoms with van der Waals surface area (Å²) >= 11 is 0. The van der Waals surface area contributed by atoms with Crippen LogP contribution < -0.4 is 9.19 Å². The van der Waals surface area contributed by atoms with Gasteiger partial charge < -0.3 is 4.18 Å². The highest BCUT2D eigenvalue weighted by molar-refractivity contribution is 7.87. The second kappa shape index (κ2) is 15.3. The SMILES string of the molecule is CC1=NN(c2ccc(S(=O)(=O)O)cc2)C(=O)C1N=Nc1c(C)cc(-c2ccc(N=Nc3ccc(OS(=O)(=O)c4ccc(C)cc4)cc3)c(C)c2)cc1S(=O)(=O)O. The van der Waals surface area contributed by atoms with Crippen molar-refractivity contribution in [2.45, 2.75) is 48.4 Å². The number of carbonyl (C=O) groups is 1. The molecule has 0 saturated heterocycles. The van der Waals surface area contributed by atoms with Crippen LogP contribution >= 0.6 is 0 Å². The van der Waals surface area contributed by atoms with Gasteiger partial charge in [-0.05, 0) is 135 Å². The lowest BCUT2D eigenvalue weighted by Gasteiger charge is -2.13. The molecule has 0 aromatic heterocycles. The molecule has 5 aromatic carbocycles. The summed E-state index contributed by atoms with van der Waals surface area (Å²) in [5.41, 5.74) is 4.04. The van der Waals surface area contributed by atoms with Crippen LogP contribution in [0.5, 0.6) is 5.75 Å². The van der Waals surface area contributed by atoms with Crippen molar-refractivity contribution in [3.63, 3.8) is 0 Å². The smallest absolute Gasteiger partial charge is 0.339 e. The number of hydrogen-bond acceptors (Lipinski definition) is 13. The minimum Gasteiger partial charge on any atom is -0.379 e. The van der Waals surface area contributed by atoms with Crippen molar-refractivity contribution < 1.29 is 43.3 Å². The van der Waals surface area contributed by atoms with Crippen LogP contribution in [0.15, 0.2) is 143 Å². The largest absolute Gasteiger partial charge is 0.379 e. The number of hydrogen-bond donors (Lipinski definition) is 2. The first-order valence-electron chi connectivity index (χ1n) is 16.4. The Morgan fingerprint density at radius 2 is 1.29 bits per heavy atom. The number of carbonyl (C=O) groups excluding carboxylic acids is 1. The van der Waals surface area contributed by atoms with Crippen molar-refractivity contribution in [1.82, 2.24) is 0 Å². The van der Waals surface area contributed by atoms with Crippen molar-refractivity contribution in [3.05, 3.63) is 120 Å². The summed E-state index contributed by atoms with van der Waals surface area (Å²) in [4.78, 5) is 12.3. The van der Waals surface area contributed by atoms with Crippen LogP contribution in [0.1, 0.15) is 23.6 Å². The zero-order valence-corrected chi connectivity index (χ0v) is 32.4. The van der Waals surface area contributed by atoms with E-state index in [1.807, 2.05) is 6.92 Å². The average molecular weight is 817 g/mol. The molecule has 0 aliphatic carbocycles. The number of aryl methyl sites for hydroxylation is 3. The van der Waals surface area contributed by atoms with Gasteiger partial charge in [-0.3, -0.25) is 13.9 Å². The second-order valence-electron chi connectivity index (χ2n) is 12.6. The minimum absolute atomic E-state index is 0.0288. The number of nitrogens with zero attached hydrogens (tertiary/aromatic N) is 6. The highest BCUT2D eigenvalue weighted by Crippen LogP contribution is 2.36. The van der Waals surface area contributed by atoms with Crippen LogP contribution in [0.2, 0.25) is 0 Å². The van der Waals surface area contributed by atoms with E-state index in [1.54, 1.807) is 62.4 Å². The molecule has 288 valence electrons. The Morgan fingerprint density at radius 1 is 0.661 bits per heavy atom. The molecule has 0 saturated carbocycles. The molecule has 19 heteroatoms. The van der Waals surface area contributed by atoms with Crippen molar-refractivity contribution >= 4 is 64.7 Å². The molecule has 1 atom stereocenters. The number of amides is 1. The maximum atomic E-state index is 13.2. The molecule has 0 fully saturated rings. The van der Waals surface area contributed by atoms with E-state index < -0.39 is 47.2 Å². The molecule has 0 bridgehead atoms. The Hall–Kier alpha value is -5.99. The van der Waals surface area contributed by atoms with Gasteiger partial charge in [0, 0.05) is 0 Å². The zero-order valence-electron chi connectivity index (χ0n) is 30.0. The first kappa shape index (κ1) is 39.7. The predicted octanol–water partition coefficient (Wildman–Crippen LogP) is 7.83. The molecule has 0 radical (unpaired) electrons. The lowest BCUT2D eigenvalue weighted by atomic mass is 10.00. The molecule has 1 unspecified atom stereocenters. The normalized spacial score (nSPS) is 15.2. The Bertz CT molecular complexity index is 2790. The van der Waals surface area contributed by atoms with Crippen LogP contribution in [0.4, 0.5) is 22.7 Å². The van der Waals surface area contributed by atoms with Gasteiger partial charge in [0.25, 0.3) is 26.1 Å². The summed E-state index contributed by atoms with van der Waals surface area (Å²) in [7, 11) is -13.3. The van der Waals surface area contributed by atoms with Gasteiger partial charge in [-0.25, -0.2) is 0 Å². The number of rotatable bonds is 11. The van der Waals surface area contributed by atoms with Crippen LogP contribution in [0.25, 0.3) is 11.1 Å². The number of hydrazone groups is 1. The van der Waals surface area contributed by atoms with Gasteiger partial charge in [0.1, 0.15) is 21.2 Å². The third-order valence-electron chi connectivity index (χ3n) is 8.45. The monoisotopic (exact) mass is 816 g/mol. The van der Waals surface area contributed by atoms with Crippen LogP contribution in [-0.4, -0.2) is 52.0 Å². The van der Waals surface area contributed by atoms with E-state index in [-0.39, 0.29) is 32.6 Å². The van der Waals surface area contributed by atoms with E-state index in [2.05, 4.69) is 25.6 Å². The number of azo groups is 2. The lowest BCUT2D eigenvalue weighted by molar-refractivity contribution is -0.117. The topological polar surface area (TPSA) is 234 Å². The minimum atomic E-state index is -4.84. The third-order valence-corrected chi connectivity index (χ3v) is 11.4. The first-order valence-corrected chi connectivity index (χ1v) is 20.7. The van der Waals surface area contributed by atoms with Crippen molar-refractivity contribution in [3.8, 4) is 16.9 Å². The Balaban J connectivity index is 1.19. The van der Waals surface area contributed by atoms with E-state index in [0.29, 0.717) is 33.6 Å². The average Bonchev–Trinajstić information content (AvgIpc) is 3.42. The molecule has 1 aliphatic heterocycles. The summed E-state index contributed by atoms with van der Waals surface area (Å²) in [5, 5.41) is 21.8. The van der Waals surface area contributed by atoms with Gasteiger partial charge in [0.15, 0.2) is 6.04 Å². The lowest BCUT2D eigenvalue weighted by Crippen LogP contribution is -2.29. The molecule has 1 amide bonds. The van der Waals surface area contributed by atoms with Crippen molar-refractivity contribution in [2.75, 3.05) is 5.01 Å². The van der Waals surface area contributed by atoms with E-state index >= 15 is 0 Å². The number of anilines is 1. The van der Waals surface area contributed by atoms with Gasteiger partial charge in [0.05, 0.1) is 27.7 Å². The molecule has 1 aliphatic rings. The van der Waals surface area contributed by atoms with Gasteiger partial charge in [-0.1, -0.05) is 23.8 Å². The summed E-state index contributed by atoms with van der Waals surface area (Å²) in [5.74, 6) is -0.555. The van der Waals surface area contributed by atoms with Gasteiger partial charge >= 0.3 is 10.1 Å². The Labute approximate surface area is 322 Å². The van der Waals surface area contributed by atoms with E-state index in [9.17, 15) is 39.2 Å². The van der Waals surface area contributed by atoms with Gasteiger partial charge in [-0.2, -0.15) is 55.8 Å². The molecule has 5 aromatic rings. The fraction of sp³-hybridized carbons (Fsp3) is 0.135. The maximum absolute atomic E-state index is 13.2. The van der Waals surface area contributed by atoms with E-state index in [4.69, 9.17) is 4.18 Å². The van der Waals surface area contributed by atoms with Crippen LogP contribution in [0, 0.1) is 20.8 Å². The molecule has 6 rings (SSSR count). The predicted molar refractivity (Wildman–Crippen MR) is 206 cm³/mol. The Kier molecular flexibility index (Phi) is 10.8. The highest BCUT2D eigenvalue weighted by atomic mass is 32.2. The molecular weight excluding hydrogens is 785 g/mol. The fourth-order valence-corrected chi connectivity index (χ4v) is 7.63. The quantitative estimate of drug-likeness (QED) is 0.0744. The summed E-state index contributed by atoms with van der Waals surface area (Å²) < 4.78 is 97.8. The van der Waals surface area contributed by atoms with E-state index in [1.165, 1.54) is 49.4 Å². The maximum Gasteiger partial charge on any atom is 0.339 e. The molecule has 0 spiro atoms. The van der Waals surface area contributed by atoms with Gasteiger partial charge in [0.2, 0.25) is 0 Å². The molecule has 56 heavy (non-hydrogen) atoms. The Morgan fingerprint density at radius 3 is 1.89 bits per heavy atom. The third kappa shape index (κ3) is 8.77. The molecule has 1 heterocycles. The highest BCUT2D eigenvalue weighted by Gasteiger charge is 2.35. The first-order chi connectivity index (χ1) is 26.3. The van der Waals surface area contributed by atoms with Crippen LogP contribution in [-0.2, 0) is 35.1 Å². The van der Waals surface area contributed by atoms with Gasteiger partial charge in [-0.15, -0.1) is 0 Å². The van der Waals surface area contributed by atoms with E-state index in [0.717, 1.165) is 22.7 Å². The van der Waals surface area contributed by atoms with Crippen molar-refractivity contribution in [2.24, 2.45) is 25.6 Å². The second-order valence-corrected chi connectivity index (χ2v) is 17.0. The molecular formula is C37H32N6O10S3. The summed E-state index contributed by atoms with van der Waals surface area (Å²) in [6, 6.07) is 23.8. The van der Waals surface area contributed by atoms with Crippen molar-refractivity contribution in [1.29, 1.82) is 0 Å². The summed E-state index contributed by atoms with van der Waals surface area (Å²) in [6.45, 7) is 6.70. The van der Waals surface area contributed by atoms with Crippen LogP contribution in [0.3, 0.4) is 0 Å².